The van der Waals surface area contributed by atoms with Crippen LogP contribution in [-0.2, 0) is 9.53 Å². The predicted octanol–water partition coefficient (Wildman–Crippen LogP) is 0.917. The molecule has 0 bridgehead atoms. The third-order valence-electron chi connectivity index (χ3n) is 2.89. The average molecular weight is 226 g/mol. The van der Waals surface area contributed by atoms with E-state index in [4.69, 9.17) is 10.5 Å². The Labute approximate surface area is 97.4 Å². The van der Waals surface area contributed by atoms with E-state index in [0.717, 1.165) is 19.4 Å². The molecule has 0 saturated carbocycles. The van der Waals surface area contributed by atoms with Crippen molar-refractivity contribution in [2.75, 3.05) is 19.6 Å². The van der Waals surface area contributed by atoms with E-state index in [1.165, 1.54) is 0 Å². The quantitative estimate of drug-likeness (QED) is 0.559. The first-order valence-corrected chi connectivity index (χ1v) is 5.97. The second kappa shape index (κ2) is 6.66. The molecule has 1 rings (SSSR count). The van der Waals surface area contributed by atoms with Crippen LogP contribution in [0.2, 0.25) is 0 Å². The Morgan fingerprint density at radius 3 is 3.06 bits per heavy atom. The standard InChI is InChI=1S/C12H22N2O2/c1-3-10(2)16-12(15)9-14-7-5-4-6-11(14)8-13/h4,6,10-11H,3,5,7-9,13H2,1-2H3. The number of carbonyl (C=O) groups excluding carboxylic acids is 1. The number of hydrogen-bond acceptors (Lipinski definition) is 4. The van der Waals surface area contributed by atoms with Gasteiger partial charge in [-0.15, -0.1) is 0 Å². The molecule has 1 aliphatic heterocycles. The van der Waals surface area contributed by atoms with E-state index in [1.54, 1.807) is 0 Å². The summed E-state index contributed by atoms with van der Waals surface area (Å²) in [6.07, 6.45) is 6.02. The Morgan fingerprint density at radius 1 is 1.69 bits per heavy atom. The molecule has 0 aliphatic carbocycles. The van der Waals surface area contributed by atoms with Gasteiger partial charge in [0.15, 0.2) is 0 Å². The van der Waals surface area contributed by atoms with E-state index in [0.29, 0.717) is 13.1 Å². The third kappa shape index (κ3) is 3.94. The van der Waals surface area contributed by atoms with Gasteiger partial charge in [0.05, 0.1) is 12.6 Å². The highest BCUT2D eigenvalue weighted by atomic mass is 16.5. The lowest BCUT2D eigenvalue weighted by Gasteiger charge is -2.30. The van der Waals surface area contributed by atoms with Crippen LogP contribution in [0.3, 0.4) is 0 Å². The normalized spacial score (nSPS) is 23.1. The lowest BCUT2D eigenvalue weighted by atomic mass is 10.1. The predicted molar refractivity (Wildman–Crippen MR) is 64.0 cm³/mol. The van der Waals surface area contributed by atoms with E-state index in [1.807, 2.05) is 13.8 Å². The number of ether oxygens (including phenoxy) is 1. The van der Waals surface area contributed by atoms with Crippen molar-refractivity contribution in [3.63, 3.8) is 0 Å². The second-order valence-electron chi connectivity index (χ2n) is 4.20. The van der Waals surface area contributed by atoms with E-state index in [2.05, 4.69) is 17.1 Å². The van der Waals surface area contributed by atoms with Crippen molar-refractivity contribution in [3.05, 3.63) is 12.2 Å². The minimum atomic E-state index is -0.150. The van der Waals surface area contributed by atoms with Gasteiger partial charge in [-0.2, -0.15) is 0 Å². The van der Waals surface area contributed by atoms with E-state index in [9.17, 15) is 4.79 Å². The zero-order valence-electron chi connectivity index (χ0n) is 10.2. The van der Waals surface area contributed by atoms with Crippen LogP contribution in [0.25, 0.3) is 0 Å². The molecule has 4 nitrogen and oxygen atoms in total. The number of esters is 1. The minimum Gasteiger partial charge on any atom is -0.462 e. The minimum absolute atomic E-state index is 0.00385. The zero-order chi connectivity index (χ0) is 12.0. The monoisotopic (exact) mass is 226 g/mol. The highest BCUT2D eigenvalue weighted by Gasteiger charge is 2.21. The maximum absolute atomic E-state index is 11.6. The molecule has 0 radical (unpaired) electrons. The van der Waals surface area contributed by atoms with Crippen LogP contribution < -0.4 is 5.73 Å². The number of carbonyl (C=O) groups is 1. The van der Waals surface area contributed by atoms with Gasteiger partial charge in [-0.05, 0) is 19.8 Å². The Hall–Kier alpha value is -0.870. The van der Waals surface area contributed by atoms with Crippen molar-refractivity contribution in [1.82, 2.24) is 4.90 Å². The van der Waals surface area contributed by atoms with Crippen LogP contribution in [0, 0.1) is 0 Å². The second-order valence-corrected chi connectivity index (χ2v) is 4.20. The lowest BCUT2D eigenvalue weighted by molar-refractivity contribution is -0.150. The summed E-state index contributed by atoms with van der Waals surface area (Å²) in [6, 6.07) is 0.179. The number of rotatable bonds is 5. The maximum Gasteiger partial charge on any atom is 0.320 e. The van der Waals surface area contributed by atoms with Gasteiger partial charge in [0.1, 0.15) is 0 Å². The molecular formula is C12H22N2O2. The van der Waals surface area contributed by atoms with Crippen LogP contribution >= 0.6 is 0 Å². The van der Waals surface area contributed by atoms with Crippen LogP contribution in [0.1, 0.15) is 26.7 Å². The fourth-order valence-electron chi connectivity index (χ4n) is 1.72. The lowest BCUT2D eigenvalue weighted by Crippen LogP contribution is -2.45. The molecule has 2 unspecified atom stereocenters. The molecule has 0 aromatic carbocycles. The van der Waals surface area contributed by atoms with Gasteiger partial charge < -0.3 is 10.5 Å². The number of nitrogens with zero attached hydrogens (tertiary/aromatic N) is 1. The first-order valence-electron chi connectivity index (χ1n) is 5.97. The molecule has 2 atom stereocenters. The third-order valence-corrected chi connectivity index (χ3v) is 2.89. The summed E-state index contributed by atoms with van der Waals surface area (Å²) < 4.78 is 5.25. The molecule has 0 fully saturated rings. The largest absolute Gasteiger partial charge is 0.462 e. The van der Waals surface area contributed by atoms with Crippen molar-refractivity contribution in [2.24, 2.45) is 5.73 Å². The molecule has 0 spiro atoms. The summed E-state index contributed by atoms with van der Waals surface area (Å²) in [4.78, 5) is 13.7. The van der Waals surface area contributed by atoms with E-state index >= 15 is 0 Å². The molecule has 1 heterocycles. The summed E-state index contributed by atoms with van der Waals surface area (Å²) in [5.41, 5.74) is 5.65. The fourth-order valence-corrected chi connectivity index (χ4v) is 1.72. The van der Waals surface area contributed by atoms with Crippen LogP contribution in [0.15, 0.2) is 12.2 Å². The topological polar surface area (TPSA) is 55.6 Å². The summed E-state index contributed by atoms with van der Waals surface area (Å²) >= 11 is 0. The summed E-state index contributed by atoms with van der Waals surface area (Å²) in [5, 5.41) is 0. The van der Waals surface area contributed by atoms with Gasteiger partial charge in [0, 0.05) is 19.1 Å². The average Bonchev–Trinajstić information content (AvgIpc) is 2.29. The van der Waals surface area contributed by atoms with Crippen LogP contribution in [-0.4, -0.2) is 42.6 Å². The van der Waals surface area contributed by atoms with Crippen molar-refractivity contribution >= 4 is 5.97 Å². The van der Waals surface area contributed by atoms with Gasteiger partial charge in [0.25, 0.3) is 0 Å². The van der Waals surface area contributed by atoms with Crippen molar-refractivity contribution < 1.29 is 9.53 Å². The molecule has 16 heavy (non-hydrogen) atoms. The summed E-state index contributed by atoms with van der Waals surface area (Å²) in [6.45, 7) is 5.69. The van der Waals surface area contributed by atoms with E-state index in [-0.39, 0.29) is 18.1 Å². The van der Waals surface area contributed by atoms with Crippen LogP contribution in [0.4, 0.5) is 0 Å². The molecule has 2 N–H and O–H groups in total. The van der Waals surface area contributed by atoms with Gasteiger partial charge in [-0.3, -0.25) is 9.69 Å². The molecule has 4 heteroatoms. The van der Waals surface area contributed by atoms with Crippen molar-refractivity contribution in [1.29, 1.82) is 0 Å². The van der Waals surface area contributed by atoms with Crippen LogP contribution in [0.5, 0.6) is 0 Å². The molecule has 1 aliphatic rings. The Balaban J connectivity index is 2.40. The molecule has 92 valence electrons. The molecule has 0 saturated heterocycles. The molecule has 0 aromatic heterocycles. The first-order chi connectivity index (χ1) is 7.67. The van der Waals surface area contributed by atoms with Gasteiger partial charge in [-0.1, -0.05) is 19.1 Å². The SMILES string of the molecule is CCC(C)OC(=O)CN1CCC=CC1CN. The van der Waals surface area contributed by atoms with Gasteiger partial charge in [0.2, 0.25) is 0 Å². The zero-order valence-corrected chi connectivity index (χ0v) is 10.2. The maximum atomic E-state index is 11.6. The summed E-state index contributed by atoms with van der Waals surface area (Å²) in [7, 11) is 0. The van der Waals surface area contributed by atoms with Gasteiger partial charge in [-0.25, -0.2) is 0 Å². The molecule has 0 aromatic rings. The highest BCUT2D eigenvalue weighted by Crippen LogP contribution is 2.09. The molecule has 0 amide bonds. The number of hydrogen-bond donors (Lipinski definition) is 1. The number of nitrogens with two attached hydrogens (primary N) is 1. The Bertz CT molecular complexity index is 253. The Morgan fingerprint density at radius 2 is 2.44 bits per heavy atom. The molecular weight excluding hydrogens is 204 g/mol. The summed E-state index contributed by atoms with van der Waals surface area (Å²) in [5.74, 6) is -0.150. The highest BCUT2D eigenvalue weighted by molar-refractivity contribution is 5.72. The van der Waals surface area contributed by atoms with Crippen molar-refractivity contribution in [2.45, 2.75) is 38.8 Å². The van der Waals surface area contributed by atoms with Gasteiger partial charge >= 0.3 is 5.97 Å². The smallest absolute Gasteiger partial charge is 0.320 e. The fraction of sp³-hybridized carbons (Fsp3) is 0.750. The van der Waals surface area contributed by atoms with E-state index < -0.39 is 0 Å². The first kappa shape index (κ1) is 13.2. The van der Waals surface area contributed by atoms with Crippen molar-refractivity contribution in [3.8, 4) is 0 Å². The Kier molecular flexibility index (Phi) is 5.49.